The second kappa shape index (κ2) is 8.19. The zero-order chi connectivity index (χ0) is 17.5. The highest BCUT2D eigenvalue weighted by molar-refractivity contribution is 5.89. The van der Waals surface area contributed by atoms with Gasteiger partial charge in [-0.3, -0.25) is 0 Å². The van der Waals surface area contributed by atoms with Crippen LogP contribution in [0, 0.1) is 12.3 Å². The summed E-state index contributed by atoms with van der Waals surface area (Å²) in [5, 5.41) is 0. The van der Waals surface area contributed by atoms with E-state index in [-0.39, 0.29) is 18.8 Å². The van der Waals surface area contributed by atoms with Crippen molar-refractivity contribution in [3.8, 4) is 12.3 Å². The molecule has 1 atom stereocenters. The van der Waals surface area contributed by atoms with Crippen LogP contribution in [-0.2, 0) is 19.0 Å². The lowest BCUT2D eigenvalue weighted by Crippen LogP contribution is -2.30. The van der Waals surface area contributed by atoms with E-state index < -0.39 is 24.4 Å². The SMILES string of the molecule is C#Cc1ccc(C(=O)OCCOC(C)OC(=O)C(F)(F)F)cc1. The van der Waals surface area contributed by atoms with Gasteiger partial charge in [-0.05, 0) is 31.2 Å². The fraction of sp³-hybridized carbons (Fsp3) is 0.333. The lowest BCUT2D eigenvalue weighted by molar-refractivity contribution is -0.223. The summed E-state index contributed by atoms with van der Waals surface area (Å²) in [5.41, 5.74) is 0.866. The van der Waals surface area contributed by atoms with Crippen molar-refractivity contribution in [2.75, 3.05) is 13.2 Å². The fourth-order valence-corrected chi connectivity index (χ4v) is 1.39. The van der Waals surface area contributed by atoms with Gasteiger partial charge in [-0.1, -0.05) is 5.92 Å². The highest BCUT2D eigenvalue weighted by Crippen LogP contribution is 2.17. The number of benzene rings is 1. The van der Waals surface area contributed by atoms with Gasteiger partial charge in [-0.15, -0.1) is 6.42 Å². The first-order chi connectivity index (χ1) is 10.7. The molecule has 0 aliphatic heterocycles. The Labute approximate surface area is 130 Å². The molecule has 1 aromatic rings. The number of terminal acetylenes is 1. The van der Waals surface area contributed by atoms with Gasteiger partial charge in [0.05, 0.1) is 12.2 Å². The molecule has 0 saturated heterocycles. The molecule has 1 unspecified atom stereocenters. The summed E-state index contributed by atoms with van der Waals surface area (Å²) in [6.07, 6.45) is -1.33. The first-order valence-electron chi connectivity index (χ1n) is 6.37. The van der Waals surface area contributed by atoms with E-state index in [4.69, 9.17) is 15.9 Å². The number of ether oxygens (including phenoxy) is 3. The topological polar surface area (TPSA) is 61.8 Å². The predicted molar refractivity (Wildman–Crippen MR) is 72.2 cm³/mol. The molecule has 0 bridgehead atoms. The minimum Gasteiger partial charge on any atom is -0.460 e. The molecular formula is C15H13F3O5. The van der Waals surface area contributed by atoms with Crippen LogP contribution < -0.4 is 0 Å². The molecule has 0 N–H and O–H groups in total. The molecule has 0 spiro atoms. The molecule has 5 nitrogen and oxygen atoms in total. The van der Waals surface area contributed by atoms with Crippen LogP contribution in [-0.4, -0.2) is 37.6 Å². The smallest absolute Gasteiger partial charge is 0.460 e. The van der Waals surface area contributed by atoms with E-state index in [1.165, 1.54) is 12.1 Å². The van der Waals surface area contributed by atoms with E-state index in [0.29, 0.717) is 5.56 Å². The van der Waals surface area contributed by atoms with Gasteiger partial charge in [-0.25, -0.2) is 9.59 Å². The molecule has 23 heavy (non-hydrogen) atoms. The molecule has 0 heterocycles. The Balaban J connectivity index is 2.30. The number of carbonyl (C=O) groups excluding carboxylic acids is 2. The third kappa shape index (κ3) is 6.40. The van der Waals surface area contributed by atoms with Crippen molar-refractivity contribution in [3.05, 3.63) is 35.4 Å². The third-order valence-corrected chi connectivity index (χ3v) is 2.46. The molecule has 1 aromatic carbocycles. The Bertz CT molecular complexity index is 587. The standard InChI is InChI=1S/C15H13F3O5/c1-3-11-4-6-12(7-5-11)13(19)22-9-8-21-10(2)23-14(20)15(16,17)18/h1,4-7,10H,8-9H2,2H3. The van der Waals surface area contributed by atoms with Crippen molar-refractivity contribution >= 4 is 11.9 Å². The van der Waals surface area contributed by atoms with Crippen LogP contribution in [0.25, 0.3) is 0 Å². The Morgan fingerprint density at radius 1 is 1.22 bits per heavy atom. The van der Waals surface area contributed by atoms with Gasteiger partial charge in [0.25, 0.3) is 0 Å². The van der Waals surface area contributed by atoms with Crippen LogP contribution in [0.3, 0.4) is 0 Å². The minimum absolute atomic E-state index is 0.219. The van der Waals surface area contributed by atoms with Gasteiger partial charge < -0.3 is 14.2 Å². The van der Waals surface area contributed by atoms with Crippen molar-refractivity contribution in [3.63, 3.8) is 0 Å². The first-order valence-corrected chi connectivity index (χ1v) is 6.37. The minimum atomic E-state index is -5.09. The summed E-state index contributed by atoms with van der Waals surface area (Å²) in [7, 11) is 0. The van der Waals surface area contributed by atoms with Crippen molar-refractivity contribution in [1.29, 1.82) is 0 Å². The molecule has 0 aliphatic rings. The number of hydrogen-bond acceptors (Lipinski definition) is 5. The van der Waals surface area contributed by atoms with Crippen molar-refractivity contribution in [1.82, 2.24) is 0 Å². The van der Waals surface area contributed by atoms with Crippen LogP contribution >= 0.6 is 0 Å². The third-order valence-electron chi connectivity index (χ3n) is 2.46. The Morgan fingerprint density at radius 2 is 1.83 bits per heavy atom. The highest BCUT2D eigenvalue weighted by Gasteiger charge is 2.41. The van der Waals surface area contributed by atoms with Crippen LogP contribution in [0.5, 0.6) is 0 Å². The van der Waals surface area contributed by atoms with E-state index in [1.54, 1.807) is 12.1 Å². The van der Waals surface area contributed by atoms with E-state index in [1.807, 2.05) is 0 Å². The number of esters is 2. The van der Waals surface area contributed by atoms with Gasteiger partial charge in [0.2, 0.25) is 6.29 Å². The molecule has 0 radical (unpaired) electrons. The van der Waals surface area contributed by atoms with Gasteiger partial charge >= 0.3 is 18.1 Å². The Hall–Kier alpha value is -2.53. The summed E-state index contributed by atoms with van der Waals surface area (Å²) in [5.74, 6) is -0.603. The summed E-state index contributed by atoms with van der Waals surface area (Å²) < 4.78 is 49.4. The van der Waals surface area contributed by atoms with Gasteiger partial charge in [-0.2, -0.15) is 13.2 Å². The molecule has 0 saturated carbocycles. The average molecular weight is 330 g/mol. The van der Waals surface area contributed by atoms with E-state index in [0.717, 1.165) is 6.92 Å². The van der Waals surface area contributed by atoms with E-state index in [2.05, 4.69) is 10.7 Å². The van der Waals surface area contributed by atoms with Crippen molar-refractivity contribution in [2.45, 2.75) is 19.4 Å². The quantitative estimate of drug-likeness (QED) is 0.347. The normalized spacial score (nSPS) is 12.1. The largest absolute Gasteiger partial charge is 0.491 e. The second-order valence-electron chi connectivity index (χ2n) is 4.20. The molecule has 0 aromatic heterocycles. The lowest BCUT2D eigenvalue weighted by atomic mass is 10.1. The predicted octanol–water partition coefficient (Wildman–Crippen LogP) is 2.29. The maximum atomic E-state index is 11.9. The molecule has 0 amide bonds. The number of carbonyl (C=O) groups is 2. The van der Waals surface area contributed by atoms with Crippen molar-refractivity contribution < 1.29 is 37.0 Å². The number of alkyl halides is 3. The zero-order valence-electron chi connectivity index (χ0n) is 12.1. The summed E-state index contributed by atoms with van der Waals surface area (Å²) in [6.45, 7) is 0.661. The second-order valence-corrected chi connectivity index (χ2v) is 4.20. The summed E-state index contributed by atoms with van der Waals surface area (Å²) >= 11 is 0. The van der Waals surface area contributed by atoms with Gasteiger partial charge in [0, 0.05) is 5.56 Å². The molecule has 124 valence electrons. The Morgan fingerprint density at radius 3 is 2.35 bits per heavy atom. The highest BCUT2D eigenvalue weighted by atomic mass is 19.4. The van der Waals surface area contributed by atoms with E-state index >= 15 is 0 Å². The van der Waals surface area contributed by atoms with Crippen LogP contribution in [0.15, 0.2) is 24.3 Å². The van der Waals surface area contributed by atoms with Crippen molar-refractivity contribution in [2.24, 2.45) is 0 Å². The van der Waals surface area contributed by atoms with E-state index in [9.17, 15) is 22.8 Å². The number of halogens is 3. The lowest BCUT2D eigenvalue weighted by Gasteiger charge is -2.15. The summed E-state index contributed by atoms with van der Waals surface area (Å²) in [4.78, 5) is 22.2. The summed E-state index contributed by atoms with van der Waals surface area (Å²) in [6, 6.07) is 6.08. The van der Waals surface area contributed by atoms with Crippen LogP contribution in [0.2, 0.25) is 0 Å². The average Bonchev–Trinajstić information content (AvgIpc) is 2.50. The Kier molecular flexibility index (Phi) is 6.60. The van der Waals surface area contributed by atoms with Gasteiger partial charge in [0.1, 0.15) is 6.61 Å². The molecule has 8 heteroatoms. The maximum Gasteiger partial charge on any atom is 0.491 e. The number of rotatable bonds is 6. The molecule has 0 fully saturated rings. The first kappa shape index (κ1) is 18.5. The molecule has 1 rings (SSSR count). The maximum absolute atomic E-state index is 11.9. The fourth-order valence-electron chi connectivity index (χ4n) is 1.39. The zero-order valence-corrected chi connectivity index (χ0v) is 12.1. The van der Waals surface area contributed by atoms with Crippen LogP contribution in [0.1, 0.15) is 22.8 Å². The number of hydrogen-bond donors (Lipinski definition) is 0. The molecule has 0 aliphatic carbocycles. The monoisotopic (exact) mass is 330 g/mol. The van der Waals surface area contributed by atoms with Crippen LogP contribution in [0.4, 0.5) is 13.2 Å². The molecular weight excluding hydrogens is 317 g/mol. The van der Waals surface area contributed by atoms with Gasteiger partial charge in [0.15, 0.2) is 0 Å².